The molecule has 0 spiro atoms. The molecule has 2 saturated heterocycles. The van der Waals surface area contributed by atoms with E-state index in [0.717, 1.165) is 11.1 Å². The summed E-state index contributed by atoms with van der Waals surface area (Å²) < 4.78 is 11.7. The SMILES string of the molecule is O=C([C@@H]1c2ccccc2C(=O)N2CCO[C@]12c1ccccc1)N1CCOCC1. The second-order valence-corrected chi connectivity index (χ2v) is 7.33. The van der Waals surface area contributed by atoms with E-state index in [0.29, 0.717) is 45.0 Å². The molecule has 3 aliphatic rings. The Kier molecular flexibility index (Phi) is 4.18. The van der Waals surface area contributed by atoms with Gasteiger partial charge >= 0.3 is 0 Å². The number of nitrogens with zero attached hydrogens (tertiary/aromatic N) is 2. The molecule has 6 nitrogen and oxygen atoms in total. The van der Waals surface area contributed by atoms with Crippen LogP contribution in [0.4, 0.5) is 0 Å². The number of hydrogen-bond donors (Lipinski definition) is 0. The zero-order valence-electron chi connectivity index (χ0n) is 15.5. The summed E-state index contributed by atoms with van der Waals surface area (Å²) in [7, 11) is 0. The molecule has 2 fully saturated rings. The quantitative estimate of drug-likeness (QED) is 0.802. The van der Waals surface area contributed by atoms with Crippen LogP contribution in [0.1, 0.15) is 27.4 Å². The van der Waals surface area contributed by atoms with Crippen molar-refractivity contribution in [1.29, 1.82) is 0 Å². The van der Waals surface area contributed by atoms with Gasteiger partial charge in [-0.1, -0.05) is 48.5 Å². The fourth-order valence-corrected chi connectivity index (χ4v) is 4.68. The topological polar surface area (TPSA) is 59.1 Å². The maximum Gasteiger partial charge on any atom is 0.256 e. The standard InChI is InChI=1S/C22H22N2O4/c25-20-18-9-5-4-8-17(18)19(21(26)23-10-13-27-14-11-23)22(24(20)12-15-28-22)16-6-2-1-3-7-16/h1-9,19H,10-15H2/t19-,22+/m0/s1. The molecule has 2 aromatic carbocycles. The smallest absolute Gasteiger partial charge is 0.256 e. The molecule has 0 radical (unpaired) electrons. The molecule has 144 valence electrons. The van der Waals surface area contributed by atoms with Crippen molar-refractivity contribution in [3.63, 3.8) is 0 Å². The van der Waals surface area contributed by atoms with Crippen molar-refractivity contribution in [1.82, 2.24) is 9.80 Å². The number of carbonyl (C=O) groups excluding carboxylic acids is 2. The minimum Gasteiger partial charge on any atom is -0.378 e. The molecule has 0 aromatic heterocycles. The van der Waals surface area contributed by atoms with Gasteiger partial charge in [-0.3, -0.25) is 9.59 Å². The Morgan fingerprint density at radius 1 is 0.929 bits per heavy atom. The average Bonchev–Trinajstić information content (AvgIpc) is 3.21. The van der Waals surface area contributed by atoms with Crippen molar-refractivity contribution in [2.75, 3.05) is 39.5 Å². The van der Waals surface area contributed by atoms with Gasteiger partial charge in [-0.05, 0) is 11.6 Å². The molecule has 2 atom stereocenters. The van der Waals surface area contributed by atoms with Crippen LogP contribution >= 0.6 is 0 Å². The van der Waals surface area contributed by atoms with Crippen molar-refractivity contribution in [2.45, 2.75) is 11.6 Å². The van der Waals surface area contributed by atoms with Gasteiger partial charge < -0.3 is 19.3 Å². The van der Waals surface area contributed by atoms with Crippen LogP contribution in [0.25, 0.3) is 0 Å². The Labute approximate surface area is 163 Å². The summed E-state index contributed by atoms with van der Waals surface area (Å²) in [4.78, 5) is 30.7. The van der Waals surface area contributed by atoms with Crippen LogP contribution in [0, 0.1) is 0 Å². The summed E-state index contributed by atoms with van der Waals surface area (Å²) in [6.07, 6.45) is 0. The molecule has 0 saturated carbocycles. The molecule has 2 amide bonds. The maximum atomic E-state index is 13.8. The van der Waals surface area contributed by atoms with Gasteiger partial charge in [-0.25, -0.2) is 0 Å². The van der Waals surface area contributed by atoms with E-state index in [4.69, 9.17) is 9.47 Å². The number of carbonyl (C=O) groups is 2. The number of ether oxygens (including phenoxy) is 2. The highest BCUT2D eigenvalue weighted by Crippen LogP contribution is 2.51. The summed E-state index contributed by atoms with van der Waals surface area (Å²) in [5.74, 6) is -0.702. The molecule has 6 heteroatoms. The normalized spacial score (nSPS) is 26.7. The summed E-state index contributed by atoms with van der Waals surface area (Å²) in [5.41, 5.74) is 1.06. The first-order valence-electron chi connectivity index (χ1n) is 9.70. The van der Waals surface area contributed by atoms with Crippen LogP contribution in [0.15, 0.2) is 54.6 Å². The Bertz CT molecular complexity index is 910. The molecular weight excluding hydrogens is 356 g/mol. The minimum absolute atomic E-state index is 0.0148. The number of fused-ring (bicyclic) bond motifs is 2. The Morgan fingerprint density at radius 3 is 2.43 bits per heavy atom. The second kappa shape index (κ2) is 6.72. The predicted octanol–water partition coefficient (Wildman–Crippen LogP) is 1.97. The van der Waals surface area contributed by atoms with Crippen LogP contribution in [-0.2, 0) is 20.0 Å². The minimum atomic E-state index is -1.11. The largest absolute Gasteiger partial charge is 0.378 e. The molecule has 2 aromatic rings. The fraction of sp³-hybridized carbons (Fsp3) is 0.364. The lowest BCUT2D eigenvalue weighted by Gasteiger charge is -2.48. The van der Waals surface area contributed by atoms with Gasteiger partial charge in [0.25, 0.3) is 5.91 Å². The van der Waals surface area contributed by atoms with Crippen LogP contribution in [-0.4, -0.2) is 61.1 Å². The molecule has 0 unspecified atom stereocenters. The Balaban J connectivity index is 1.72. The van der Waals surface area contributed by atoms with Gasteiger partial charge in [0.15, 0.2) is 5.72 Å². The van der Waals surface area contributed by atoms with E-state index in [1.54, 1.807) is 4.90 Å². The second-order valence-electron chi connectivity index (χ2n) is 7.33. The van der Waals surface area contributed by atoms with E-state index in [-0.39, 0.29) is 11.8 Å². The van der Waals surface area contributed by atoms with Crippen molar-refractivity contribution < 1.29 is 19.1 Å². The van der Waals surface area contributed by atoms with Crippen LogP contribution in [0.5, 0.6) is 0 Å². The highest BCUT2D eigenvalue weighted by atomic mass is 16.5. The first-order valence-corrected chi connectivity index (χ1v) is 9.70. The third kappa shape index (κ3) is 2.41. The summed E-state index contributed by atoms with van der Waals surface area (Å²) in [6, 6.07) is 17.1. The van der Waals surface area contributed by atoms with E-state index in [1.165, 1.54) is 0 Å². The molecular formula is C22H22N2O4. The first-order chi connectivity index (χ1) is 13.7. The van der Waals surface area contributed by atoms with Crippen LogP contribution in [0.3, 0.4) is 0 Å². The van der Waals surface area contributed by atoms with E-state index < -0.39 is 11.6 Å². The lowest BCUT2D eigenvalue weighted by Crippen LogP contribution is -2.58. The van der Waals surface area contributed by atoms with Crippen molar-refractivity contribution >= 4 is 11.8 Å². The first kappa shape index (κ1) is 17.4. The van der Waals surface area contributed by atoms with E-state index in [9.17, 15) is 9.59 Å². The Hall–Kier alpha value is -2.70. The van der Waals surface area contributed by atoms with Gasteiger partial charge in [-0.15, -0.1) is 0 Å². The Morgan fingerprint density at radius 2 is 1.64 bits per heavy atom. The number of hydrogen-bond acceptors (Lipinski definition) is 4. The fourth-order valence-electron chi connectivity index (χ4n) is 4.68. The summed E-state index contributed by atoms with van der Waals surface area (Å²) >= 11 is 0. The molecule has 5 rings (SSSR count). The van der Waals surface area contributed by atoms with Crippen LogP contribution in [0.2, 0.25) is 0 Å². The average molecular weight is 378 g/mol. The number of rotatable bonds is 2. The summed E-state index contributed by atoms with van der Waals surface area (Å²) in [6.45, 7) is 3.03. The van der Waals surface area contributed by atoms with Crippen molar-refractivity contribution in [3.05, 3.63) is 71.3 Å². The highest BCUT2D eigenvalue weighted by molar-refractivity contribution is 6.02. The van der Waals surface area contributed by atoms with Crippen molar-refractivity contribution in [2.24, 2.45) is 0 Å². The summed E-state index contributed by atoms with van der Waals surface area (Å²) in [5, 5.41) is 0. The monoisotopic (exact) mass is 378 g/mol. The molecule has 0 bridgehead atoms. The molecule has 0 N–H and O–H groups in total. The third-order valence-corrected chi connectivity index (χ3v) is 5.93. The van der Waals surface area contributed by atoms with Gasteiger partial charge in [0.1, 0.15) is 5.92 Å². The molecule has 3 aliphatic heterocycles. The zero-order valence-corrected chi connectivity index (χ0v) is 15.5. The van der Waals surface area contributed by atoms with E-state index >= 15 is 0 Å². The van der Waals surface area contributed by atoms with E-state index in [2.05, 4.69) is 0 Å². The lowest BCUT2D eigenvalue weighted by molar-refractivity contribution is -0.155. The van der Waals surface area contributed by atoms with Crippen molar-refractivity contribution in [3.8, 4) is 0 Å². The van der Waals surface area contributed by atoms with Crippen LogP contribution < -0.4 is 0 Å². The van der Waals surface area contributed by atoms with E-state index in [1.807, 2.05) is 59.5 Å². The molecule has 3 heterocycles. The number of benzene rings is 2. The van der Waals surface area contributed by atoms with Gasteiger partial charge in [0.2, 0.25) is 5.91 Å². The zero-order chi connectivity index (χ0) is 19.1. The third-order valence-electron chi connectivity index (χ3n) is 5.93. The maximum absolute atomic E-state index is 13.8. The van der Waals surface area contributed by atoms with Gasteiger partial charge in [-0.2, -0.15) is 0 Å². The molecule has 0 aliphatic carbocycles. The predicted molar refractivity (Wildman–Crippen MR) is 102 cm³/mol. The number of amides is 2. The highest BCUT2D eigenvalue weighted by Gasteiger charge is 2.60. The lowest BCUT2D eigenvalue weighted by atomic mass is 9.76. The number of morpholine rings is 1. The van der Waals surface area contributed by atoms with Gasteiger partial charge in [0, 0.05) is 30.8 Å². The van der Waals surface area contributed by atoms with Gasteiger partial charge in [0.05, 0.1) is 19.8 Å². The molecule has 28 heavy (non-hydrogen) atoms.